The van der Waals surface area contributed by atoms with Gasteiger partial charge in [-0.2, -0.15) is 11.8 Å². The number of rotatable bonds is 5. The molecule has 0 spiro atoms. The van der Waals surface area contributed by atoms with Crippen molar-refractivity contribution in [2.24, 2.45) is 4.99 Å². The standard InChI is InChI=1S/C16H24FN3OS/c1-18-15(19-11-13-3-5-14(17)6-4-13)20-12-16(22-2)7-9-21-10-8-16/h3-6H,7-12H2,1-2H3,(H2,18,19,20). The smallest absolute Gasteiger partial charge is 0.191 e. The summed E-state index contributed by atoms with van der Waals surface area (Å²) in [6.07, 6.45) is 4.26. The van der Waals surface area contributed by atoms with E-state index < -0.39 is 0 Å². The largest absolute Gasteiger partial charge is 0.381 e. The van der Waals surface area contributed by atoms with Crippen LogP contribution in [0.3, 0.4) is 0 Å². The number of benzene rings is 1. The van der Waals surface area contributed by atoms with E-state index in [4.69, 9.17) is 4.74 Å². The quantitative estimate of drug-likeness (QED) is 0.645. The molecule has 122 valence electrons. The van der Waals surface area contributed by atoms with Gasteiger partial charge in [0, 0.05) is 38.1 Å². The van der Waals surface area contributed by atoms with Gasteiger partial charge in [0.2, 0.25) is 0 Å². The van der Waals surface area contributed by atoms with Gasteiger partial charge in [-0.25, -0.2) is 4.39 Å². The van der Waals surface area contributed by atoms with Crippen molar-refractivity contribution in [3.63, 3.8) is 0 Å². The van der Waals surface area contributed by atoms with Crippen LogP contribution in [0, 0.1) is 5.82 Å². The molecule has 1 heterocycles. The Kier molecular flexibility index (Phi) is 6.51. The van der Waals surface area contributed by atoms with Crippen LogP contribution in [-0.4, -0.2) is 43.8 Å². The highest BCUT2D eigenvalue weighted by Gasteiger charge is 2.31. The van der Waals surface area contributed by atoms with Crippen LogP contribution in [-0.2, 0) is 11.3 Å². The predicted octanol–water partition coefficient (Wildman–Crippen LogP) is 2.40. The zero-order valence-corrected chi connectivity index (χ0v) is 14.0. The molecule has 1 aromatic carbocycles. The Morgan fingerprint density at radius 3 is 2.55 bits per heavy atom. The maximum atomic E-state index is 12.9. The number of nitrogens with one attached hydrogen (secondary N) is 2. The lowest BCUT2D eigenvalue weighted by Gasteiger charge is -2.36. The van der Waals surface area contributed by atoms with Crippen molar-refractivity contribution in [3.8, 4) is 0 Å². The van der Waals surface area contributed by atoms with E-state index in [0.717, 1.165) is 44.1 Å². The van der Waals surface area contributed by atoms with Gasteiger partial charge in [0.1, 0.15) is 5.82 Å². The van der Waals surface area contributed by atoms with E-state index >= 15 is 0 Å². The minimum Gasteiger partial charge on any atom is -0.381 e. The lowest BCUT2D eigenvalue weighted by Crippen LogP contribution is -2.47. The molecule has 0 aliphatic carbocycles. The predicted molar refractivity (Wildman–Crippen MR) is 90.9 cm³/mol. The third-order valence-electron chi connectivity index (χ3n) is 4.01. The van der Waals surface area contributed by atoms with E-state index in [1.807, 2.05) is 11.8 Å². The van der Waals surface area contributed by atoms with Crippen LogP contribution in [0.5, 0.6) is 0 Å². The molecule has 0 aromatic heterocycles. The fourth-order valence-electron chi connectivity index (χ4n) is 2.45. The second kappa shape index (κ2) is 8.39. The van der Waals surface area contributed by atoms with Gasteiger partial charge in [0.25, 0.3) is 0 Å². The van der Waals surface area contributed by atoms with Crippen LogP contribution >= 0.6 is 11.8 Å². The summed E-state index contributed by atoms with van der Waals surface area (Å²) in [6.45, 7) is 3.13. The van der Waals surface area contributed by atoms with Crippen LogP contribution in [0.2, 0.25) is 0 Å². The molecule has 0 saturated carbocycles. The van der Waals surface area contributed by atoms with Crippen molar-refractivity contribution >= 4 is 17.7 Å². The molecule has 2 N–H and O–H groups in total. The molecule has 1 aliphatic heterocycles. The van der Waals surface area contributed by atoms with Gasteiger partial charge >= 0.3 is 0 Å². The average Bonchev–Trinajstić information content (AvgIpc) is 2.57. The first-order valence-corrected chi connectivity index (χ1v) is 8.72. The summed E-state index contributed by atoms with van der Waals surface area (Å²) >= 11 is 1.89. The molecule has 1 saturated heterocycles. The van der Waals surface area contributed by atoms with Crippen molar-refractivity contribution in [2.75, 3.05) is 33.1 Å². The van der Waals surface area contributed by atoms with Gasteiger partial charge in [-0.05, 0) is 36.8 Å². The van der Waals surface area contributed by atoms with Gasteiger partial charge in [0.05, 0.1) is 0 Å². The number of aliphatic imine (C=N–C) groups is 1. The molecule has 1 fully saturated rings. The van der Waals surface area contributed by atoms with Crippen LogP contribution in [0.25, 0.3) is 0 Å². The average molecular weight is 325 g/mol. The first-order chi connectivity index (χ1) is 10.7. The van der Waals surface area contributed by atoms with Crippen molar-refractivity contribution in [1.29, 1.82) is 0 Å². The van der Waals surface area contributed by atoms with Gasteiger partial charge in [0.15, 0.2) is 5.96 Å². The second-order valence-electron chi connectivity index (χ2n) is 5.41. The maximum absolute atomic E-state index is 12.9. The molecule has 0 bridgehead atoms. The summed E-state index contributed by atoms with van der Waals surface area (Å²) in [6, 6.07) is 6.49. The molecule has 0 amide bonds. The number of hydrogen-bond acceptors (Lipinski definition) is 3. The van der Waals surface area contributed by atoms with Crippen molar-refractivity contribution in [1.82, 2.24) is 10.6 Å². The fraction of sp³-hybridized carbons (Fsp3) is 0.562. The topological polar surface area (TPSA) is 45.7 Å². The number of hydrogen-bond donors (Lipinski definition) is 2. The third kappa shape index (κ3) is 4.88. The van der Waals surface area contributed by atoms with Crippen LogP contribution in [0.1, 0.15) is 18.4 Å². The number of guanidine groups is 1. The van der Waals surface area contributed by atoms with Crippen LogP contribution < -0.4 is 10.6 Å². The summed E-state index contributed by atoms with van der Waals surface area (Å²) < 4.78 is 18.6. The van der Waals surface area contributed by atoms with E-state index in [1.54, 1.807) is 19.2 Å². The molecule has 4 nitrogen and oxygen atoms in total. The molecule has 0 unspecified atom stereocenters. The normalized spacial score (nSPS) is 18.0. The summed E-state index contributed by atoms with van der Waals surface area (Å²) in [5.41, 5.74) is 1.02. The molecule has 1 aliphatic rings. The van der Waals surface area contributed by atoms with Crippen molar-refractivity contribution in [2.45, 2.75) is 24.1 Å². The van der Waals surface area contributed by atoms with Gasteiger partial charge in [-0.3, -0.25) is 4.99 Å². The summed E-state index contributed by atoms with van der Waals surface area (Å²) in [4.78, 5) is 4.25. The zero-order chi connectivity index (χ0) is 15.8. The fourth-order valence-corrected chi connectivity index (χ4v) is 3.24. The second-order valence-corrected chi connectivity index (χ2v) is 6.68. The Hall–Kier alpha value is -1.27. The number of ether oxygens (including phenoxy) is 1. The zero-order valence-electron chi connectivity index (χ0n) is 13.2. The maximum Gasteiger partial charge on any atom is 0.191 e. The third-order valence-corrected chi connectivity index (χ3v) is 5.43. The first-order valence-electron chi connectivity index (χ1n) is 7.49. The van der Waals surface area contributed by atoms with E-state index in [-0.39, 0.29) is 10.6 Å². The monoisotopic (exact) mass is 325 g/mol. The molecular weight excluding hydrogens is 301 g/mol. The Labute approximate surface area is 135 Å². The molecule has 22 heavy (non-hydrogen) atoms. The van der Waals surface area contributed by atoms with Gasteiger partial charge in [-0.1, -0.05) is 12.1 Å². The highest BCUT2D eigenvalue weighted by Crippen LogP contribution is 2.32. The molecule has 0 radical (unpaired) electrons. The first kappa shape index (κ1) is 17.1. The molecular formula is C16H24FN3OS. The molecule has 0 atom stereocenters. The lowest BCUT2D eigenvalue weighted by atomic mass is 9.99. The Balaban J connectivity index is 1.83. The van der Waals surface area contributed by atoms with Gasteiger partial charge < -0.3 is 15.4 Å². The minimum absolute atomic E-state index is 0.214. The van der Waals surface area contributed by atoms with Gasteiger partial charge in [-0.15, -0.1) is 0 Å². The van der Waals surface area contributed by atoms with Crippen LogP contribution in [0.15, 0.2) is 29.3 Å². The summed E-state index contributed by atoms with van der Waals surface area (Å²) in [7, 11) is 1.76. The highest BCUT2D eigenvalue weighted by atomic mass is 32.2. The number of halogens is 1. The highest BCUT2D eigenvalue weighted by molar-refractivity contribution is 8.00. The van der Waals surface area contributed by atoms with E-state index in [0.29, 0.717) is 6.54 Å². The number of thioether (sulfide) groups is 1. The lowest BCUT2D eigenvalue weighted by molar-refractivity contribution is 0.0783. The Morgan fingerprint density at radius 2 is 1.95 bits per heavy atom. The van der Waals surface area contributed by atoms with E-state index in [2.05, 4.69) is 21.9 Å². The van der Waals surface area contributed by atoms with Crippen molar-refractivity contribution < 1.29 is 9.13 Å². The summed E-state index contributed by atoms with van der Waals surface area (Å²) in [5.74, 6) is 0.553. The molecule has 6 heteroatoms. The van der Waals surface area contributed by atoms with Crippen molar-refractivity contribution in [3.05, 3.63) is 35.6 Å². The minimum atomic E-state index is -0.215. The van der Waals surface area contributed by atoms with E-state index in [1.165, 1.54) is 12.1 Å². The molecule has 1 aromatic rings. The molecule has 2 rings (SSSR count). The van der Waals surface area contributed by atoms with Crippen LogP contribution in [0.4, 0.5) is 4.39 Å². The SMILES string of the molecule is CN=C(NCc1ccc(F)cc1)NCC1(SC)CCOCC1. The Morgan fingerprint density at radius 1 is 1.27 bits per heavy atom. The number of nitrogens with zero attached hydrogens (tertiary/aromatic N) is 1. The Bertz CT molecular complexity index is 487. The van der Waals surface area contributed by atoms with E-state index in [9.17, 15) is 4.39 Å². The summed E-state index contributed by atoms with van der Waals surface area (Å²) in [5, 5.41) is 6.66.